The fraction of sp³-hybridized carbons (Fsp3) is 0.158. The van der Waals surface area contributed by atoms with Gasteiger partial charge in [0.05, 0.1) is 7.11 Å². The van der Waals surface area contributed by atoms with Gasteiger partial charge in [-0.1, -0.05) is 42.5 Å². The number of hydrogen-bond acceptors (Lipinski definition) is 4. The molecule has 2 rings (SSSR count). The van der Waals surface area contributed by atoms with E-state index in [0.717, 1.165) is 11.1 Å². The van der Waals surface area contributed by atoms with E-state index in [1.54, 1.807) is 18.2 Å². The fourth-order valence-corrected chi connectivity index (χ4v) is 2.05. The SMILES string of the molecule is COC(=O)C(=Cc1cccc(OCc2ccccc2)c1)NC(C)=O. The minimum Gasteiger partial charge on any atom is -0.489 e. The molecule has 1 amide bonds. The molecule has 0 bridgehead atoms. The minimum absolute atomic E-state index is 0.0743. The lowest BCUT2D eigenvalue weighted by molar-refractivity contribution is -0.137. The Bertz CT molecular complexity index is 738. The molecule has 0 unspecified atom stereocenters. The molecule has 2 aromatic carbocycles. The van der Waals surface area contributed by atoms with Crippen molar-refractivity contribution in [2.75, 3.05) is 7.11 Å². The van der Waals surface area contributed by atoms with Gasteiger partial charge in [-0.05, 0) is 29.3 Å². The second-order valence-corrected chi connectivity index (χ2v) is 5.08. The monoisotopic (exact) mass is 325 g/mol. The third kappa shape index (κ3) is 5.28. The fourth-order valence-electron chi connectivity index (χ4n) is 2.05. The molecular weight excluding hydrogens is 306 g/mol. The van der Waals surface area contributed by atoms with Crippen LogP contribution in [0.15, 0.2) is 60.3 Å². The Balaban J connectivity index is 2.14. The number of amides is 1. The number of nitrogens with one attached hydrogen (secondary N) is 1. The highest BCUT2D eigenvalue weighted by atomic mass is 16.5. The molecule has 0 aromatic heterocycles. The van der Waals surface area contributed by atoms with Gasteiger partial charge in [0.15, 0.2) is 0 Å². The largest absolute Gasteiger partial charge is 0.489 e. The van der Waals surface area contributed by atoms with E-state index in [2.05, 4.69) is 10.1 Å². The van der Waals surface area contributed by atoms with Gasteiger partial charge >= 0.3 is 5.97 Å². The second kappa shape index (κ2) is 8.53. The zero-order valence-electron chi connectivity index (χ0n) is 13.6. The Kier molecular flexibility index (Phi) is 6.14. The Morgan fingerprint density at radius 2 is 1.83 bits per heavy atom. The Morgan fingerprint density at radius 3 is 2.50 bits per heavy atom. The smallest absolute Gasteiger partial charge is 0.354 e. The first-order valence-corrected chi connectivity index (χ1v) is 7.43. The molecule has 0 spiro atoms. The highest BCUT2D eigenvalue weighted by Crippen LogP contribution is 2.17. The number of rotatable bonds is 6. The molecule has 0 aliphatic rings. The number of benzene rings is 2. The summed E-state index contributed by atoms with van der Waals surface area (Å²) >= 11 is 0. The van der Waals surface area contributed by atoms with Crippen molar-refractivity contribution in [3.05, 3.63) is 71.4 Å². The van der Waals surface area contributed by atoms with Gasteiger partial charge in [0, 0.05) is 6.92 Å². The molecule has 0 fully saturated rings. The van der Waals surface area contributed by atoms with Gasteiger partial charge in [0.1, 0.15) is 18.1 Å². The van der Waals surface area contributed by atoms with Crippen molar-refractivity contribution in [2.24, 2.45) is 0 Å². The molecule has 24 heavy (non-hydrogen) atoms. The van der Waals surface area contributed by atoms with E-state index < -0.39 is 5.97 Å². The van der Waals surface area contributed by atoms with E-state index in [-0.39, 0.29) is 11.6 Å². The Morgan fingerprint density at radius 1 is 1.08 bits per heavy atom. The third-order valence-corrected chi connectivity index (χ3v) is 3.13. The van der Waals surface area contributed by atoms with E-state index in [9.17, 15) is 9.59 Å². The van der Waals surface area contributed by atoms with Gasteiger partial charge < -0.3 is 14.8 Å². The van der Waals surface area contributed by atoms with Crippen LogP contribution in [0.3, 0.4) is 0 Å². The average molecular weight is 325 g/mol. The maximum Gasteiger partial charge on any atom is 0.354 e. The Hall–Kier alpha value is -3.08. The summed E-state index contributed by atoms with van der Waals surface area (Å²) in [5.41, 5.74) is 1.85. The summed E-state index contributed by atoms with van der Waals surface area (Å²) in [4.78, 5) is 22.9. The van der Waals surface area contributed by atoms with Crippen LogP contribution in [-0.4, -0.2) is 19.0 Å². The molecule has 0 saturated carbocycles. The molecule has 0 heterocycles. The zero-order chi connectivity index (χ0) is 17.4. The molecule has 0 radical (unpaired) electrons. The molecule has 5 heteroatoms. The van der Waals surface area contributed by atoms with Crippen LogP contribution >= 0.6 is 0 Å². The van der Waals surface area contributed by atoms with Crippen LogP contribution < -0.4 is 10.1 Å². The molecule has 0 saturated heterocycles. The Labute approximate surface area is 140 Å². The van der Waals surface area contributed by atoms with E-state index in [1.165, 1.54) is 14.0 Å². The molecule has 0 aliphatic carbocycles. The molecule has 1 N–H and O–H groups in total. The van der Waals surface area contributed by atoms with Crippen molar-refractivity contribution in [3.8, 4) is 5.75 Å². The van der Waals surface area contributed by atoms with Gasteiger partial charge in [-0.25, -0.2) is 4.79 Å². The standard InChI is InChI=1S/C19H19NO4/c1-14(21)20-18(19(22)23-2)12-16-9-6-10-17(11-16)24-13-15-7-4-3-5-8-15/h3-12H,13H2,1-2H3,(H,20,21). The quantitative estimate of drug-likeness (QED) is 0.655. The lowest BCUT2D eigenvalue weighted by Crippen LogP contribution is -2.25. The summed E-state index contributed by atoms with van der Waals surface area (Å²) in [6.07, 6.45) is 1.54. The molecule has 124 valence electrons. The molecule has 2 aromatic rings. The predicted molar refractivity (Wildman–Crippen MR) is 91.0 cm³/mol. The van der Waals surface area contributed by atoms with Crippen molar-refractivity contribution in [1.29, 1.82) is 0 Å². The van der Waals surface area contributed by atoms with E-state index in [4.69, 9.17) is 4.74 Å². The molecule has 0 atom stereocenters. The van der Waals surface area contributed by atoms with Crippen molar-refractivity contribution in [1.82, 2.24) is 5.32 Å². The zero-order valence-corrected chi connectivity index (χ0v) is 13.6. The number of esters is 1. The van der Waals surface area contributed by atoms with E-state index in [1.807, 2.05) is 42.5 Å². The van der Waals surface area contributed by atoms with Gasteiger partial charge in [-0.2, -0.15) is 0 Å². The highest BCUT2D eigenvalue weighted by Gasteiger charge is 2.11. The van der Waals surface area contributed by atoms with Crippen molar-refractivity contribution >= 4 is 18.0 Å². The van der Waals surface area contributed by atoms with Gasteiger partial charge in [-0.3, -0.25) is 4.79 Å². The average Bonchev–Trinajstić information content (AvgIpc) is 2.59. The number of hydrogen-bond donors (Lipinski definition) is 1. The highest BCUT2D eigenvalue weighted by molar-refractivity contribution is 5.97. The maximum absolute atomic E-state index is 11.7. The van der Waals surface area contributed by atoms with E-state index >= 15 is 0 Å². The van der Waals surface area contributed by atoms with Crippen LogP contribution in [0.2, 0.25) is 0 Å². The van der Waals surface area contributed by atoms with Gasteiger partial charge in [-0.15, -0.1) is 0 Å². The number of methoxy groups -OCH3 is 1. The summed E-state index contributed by atoms with van der Waals surface area (Å²) < 4.78 is 10.4. The summed E-state index contributed by atoms with van der Waals surface area (Å²) in [6.45, 7) is 1.78. The number of ether oxygens (including phenoxy) is 2. The number of carbonyl (C=O) groups is 2. The summed E-state index contributed by atoms with van der Waals surface area (Å²) in [5, 5.41) is 2.46. The van der Waals surface area contributed by atoms with Crippen LogP contribution in [0.4, 0.5) is 0 Å². The van der Waals surface area contributed by atoms with Crippen LogP contribution in [-0.2, 0) is 20.9 Å². The normalized spacial score (nSPS) is 10.8. The first-order chi connectivity index (χ1) is 11.6. The van der Waals surface area contributed by atoms with Crippen LogP contribution in [0.1, 0.15) is 18.1 Å². The summed E-state index contributed by atoms with van der Waals surface area (Å²) in [7, 11) is 1.26. The lowest BCUT2D eigenvalue weighted by atomic mass is 10.1. The van der Waals surface area contributed by atoms with Gasteiger partial charge in [0.25, 0.3) is 0 Å². The second-order valence-electron chi connectivity index (χ2n) is 5.08. The summed E-state index contributed by atoms with van der Waals surface area (Å²) in [6, 6.07) is 17.1. The molecular formula is C19H19NO4. The first-order valence-electron chi connectivity index (χ1n) is 7.43. The van der Waals surface area contributed by atoms with Crippen molar-refractivity contribution < 1.29 is 19.1 Å². The molecule has 5 nitrogen and oxygen atoms in total. The van der Waals surface area contributed by atoms with Gasteiger partial charge in [0.2, 0.25) is 5.91 Å². The molecule has 0 aliphatic heterocycles. The van der Waals surface area contributed by atoms with Crippen molar-refractivity contribution in [2.45, 2.75) is 13.5 Å². The first kappa shape index (κ1) is 17.3. The number of carbonyl (C=O) groups excluding carboxylic acids is 2. The lowest BCUT2D eigenvalue weighted by Gasteiger charge is -2.08. The predicted octanol–water partition coefficient (Wildman–Crippen LogP) is 2.92. The van der Waals surface area contributed by atoms with E-state index in [0.29, 0.717) is 12.4 Å². The van der Waals surface area contributed by atoms with Crippen LogP contribution in [0, 0.1) is 0 Å². The van der Waals surface area contributed by atoms with Crippen LogP contribution in [0.25, 0.3) is 6.08 Å². The minimum atomic E-state index is -0.610. The van der Waals surface area contributed by atoms with Crippen molar-refractivity contribution in [3.63, 3.8) is 0 Å². The third-order valence-electron chi connectivity index (χ3n) is 3.13. The van der Waals surface area contributed by atoms with Crippen LogP contribution in [0.5, 0.6) is 5.75 Å². The topological polar surface area (TPSA) is 64.6 Å². The summed E-state index contributed by atoms with van der Waals surface area (Å²) in [5.74, 6) is -0.288. The maximum atomic E-state index is 11.7.